The first kappa shape index (κ1) is 10.2. The molecule has 3 heteroatoms. The van der Waals surface area contributed by atoms with Crippen molar-refractivity contribution in [1.82, 2.24) is 0 Å². The van der Waals surface area contributed by atoms with Gasteiger partial charge >= 0.3 is 0 Å². The Balaban J connectivity index is 2.13. The fourth-order valence-corrected chi connectivity index (χ4v) is 1.60. The Labute approximate surface area is 82.3 Å². The second kappa shape index (κ2) is 5.00. The molecule has 0 amide bonds. The van der Waals surface area contributed by atoms with Gasteiger partial charge in [0.25, 0.3) is 0 Å². The van der Waals surface area contributed by atoms with Crippen LogP contribution in [0.1, 0.15) is 25.7 Å². The highest BCUT2D eigenvalue weighted by atomic mass is 79.9. The van der Waals surface area contributed by atoms with Gasteiger partial charge in [-0.05, 0) is 25.7 Å². The molecule has 0 bridgehead atoms. The van der Waals surface area contributed by atoms with Crippen LogP contribution >= 0.6 is 15.9 Å². The van der Waals surface area contributed by atoms with Crippen molar-refractivity contribution in [3.05, 3.63) is 11.1 Å². The summed E-state index contributed by atoms with van der Waals surface area (Å²) >= 11 is 3.27. The van der Waals surface area contributed by atoms with Gasteiger partial charge in [-0.1, -0.05) is 22.5 Å². The highest BCUT2D eigenvalue weighted by Crippen LogP contribution is 2.20. The summed E-state index contributed by atoms with van der Waals surface area (Å²) < 4.78 is 6.50. The van der Waals surface area contributed by atoms with Crippen molar-refractivity contribution in [3.63, 3.8) is 0 Å². The smallest absolute Gasteiger partial charge is 0.0779 e. The Hall–Kier alpha value is 0.140. The summed E-state index contributed by atoms with van der Waals surface area (Å²) in [5.41, 5.74) is 5.77. The fourth-order valence-electron chi connectivity index (χ4n) is 1.46. The molecule has 0 saturated heterocycles. The zero-order valence-electron chi connectivity index (χ0n) is 7.26. The van der Waals surface area contributed by atoms with Crippen LogP contribution in [0.5, 0.6) is 0 Å². The third kappa shape index (κ3) is 3.70. The van der Waals surface area contributed by atoms with Crippen LogP contribution < -0.4 is 5.73 Å². The minimum atomic E-state index is 0.400. The van der Waals surface area contributed by atoms with Gasteiger partial charge in [-0.2, -0.15) is 0 Å². The van der Waals surface area contributed by atoms with Gasteiger partial charge in [-0.15, -0.1) is 0 Å². The summed E-state index contributed by atoms with van der Waals surface area (Å²) in [6, 6.07) is 0.400. The molecule has 1 aliphatic carbocycles. The third-order valence-electron chi connectivity index (χ3n) is 2.19. The first-order chi connectivity index (χ1) is 5.68. The van der Waals surface area contributed by atoms with E-state index in [-0.39, 0.29) is 0 Å². The van der Waals surface area contributed by atoms with E-state index in [4.69, 9.17) is 10.5 Å². The molecule has 1 saturated carbocycles. The average molecular weight is 234 g/mol. The Kier molecular flexibility index (Phi) is 4.26. The van der Waals surface area contributed by atoms with Crippen LogP contribution in [-0.4, -0.2) is 18.8 Å². The molecule has 0 unspecified atom stereocenters. The lowest BCUT2D eigenvalue weighted by atomic mass is 9.94. The van der Waals surface area contributed by atoms with Crippen molar-refractivity contribution in [3.8, 4) is 0 Å². The molecule has 0 aromatic carbocycles. The van der Waals surface area contributed by atoms with Gasteiger partial charge in [-0.25, -0.2) is 0 Å². The maximum absolute atomic E-state index is 5.77. The fraction of sp³-hybridized carbons (Fsp3) is 0.778. The lowest BCUT2D eigenvalue weighted by Gasteiger charge is -2.25. The van der Waals surface area contributed by atoms with Gasteiger partial charge in [-0.3, -0.25) is 0 Å². The van der Waals surface area contributed by atoms with Crippen LogP contribution in [0, 0.1) is 0 Å². The molecule has 0 heterocycles. The molecule has 1 rings (SSSR count). The van der Waals surface area contributed by atoms with Gasteiger partial charge in [0.05, 0.1) is 12.7 Å². The van der Waals surface area contributed by atoms with Crippen molar-refractivity contribution >= 4 is 15.9 Å². The molecule has 2 nitrogen and oxygen atoms in total. The molecule has 0 atom stereocenters. The Morgan fingerprint density at radius 3 is 2.50 bits per heavy atom. The monoisotopic (exact) mass is 233 g/mol. The SMILES string of the molecule is C=C(Br)COC1CCC(N)CC1. The van der Waals surface area contributed by atoms with Crippen LogP contribution in [0.2, 0.25) is 0 Å². The molecule has 12 heavy (non-hydrogen) atoms. The van der Waals surface area contributed by atoms with Crippen molar-refractivity contribution in [2.24, 2.45) is 5.73 Å². The first-order valence-electron chi connectivity index (χ1n) is 4.39. The quantitative estimate of drug-likeness (QED) is 0.812. The summed E-state index contributed by atoms with van der Waals surface area (Å²) in [5.74, 6) is 0. The summed E-state index contributed by atoms with van der Waals surface area (Å²) in [5, 5.41) is 0. The van der Waals surface area contributed by atoms with E-state index in [1.165, 1.54) is 0 Å². The molecule has 2 N–H and O–H groups in total. The molecule has 0 aromatic rings. The number of rotatable bonds is 3. The largest absolute Gasteiger partial charge is 0.373 e. The average Bonchev–Trinajstić information content (AvgIpc) is 2.03. The van der Waals surface area contributed by atoms with Crippen LogP contribution in [0.4, 0.5) is 0 Å². The molecular formula is C9H16BrNO. The van der Waals surface area contributed by atoms with E-state index in [0.717, 1.165) is 30.2 Å². The molecule has 1 aliphatic rings. The number of ether oxygens (including phenoxy) is 1. The Morgan fingerprint density at radius 2 is 2.00 bits per heavy atom. The zero-order valence-corrected chi connectivity index (χ0v) is 8.85. The molecule has 0 aliphatic heterocycles. The van der Waals surface area contributed by atoms with Crippen molar-refractivity contribution in [2.45, 2.75) is 37.8 Å². The van der Waals surface area contributed by atoms with Crippen molar-refractivity contribution < 1.29 is 4.74 Å². The Bertz CT molecular complexity index is 153. The highest BCUT2D eigenvalue weighted by molar-refractivity contribution is 9.11. The lowest BCUT2D eigenvalue weighted by molar-refractivity contribution is 0.0420. The maximum Gasteiger partial charge on any atom is 0.0779 e. The van der Waals surface area contributed by atoms with Crippen LogP contribution in [-0.2, 0) is 4.74 Å². The van der Waals surface area contributed by atoms with E-state index < -0.39 is 0 Å². The first-order valence-corrected chi connectivity index (χ1v) is 5.18. The van der Waals surface area contributed by atoms with Crippen LogP contribution in [0.3, 0.4) is 0 Å². The minimum Gasteiger partial charge on any atom is -0.373 e. The number of hydrogen-bond donors (Lipinski definition) is 1. The molecule has 0 spiro atoms. The van der Waals surface area contributed by atoms with Gasteiger partial charge in [0.2, 0.25) is 0 Å². The summed E-state index contributed by atoms with van der Waals surface area (Å²) in [6.07, 6.45) is 4.79. The molecule has 0 radical (unpaired) electrons. The maximum atomic E-state index is 5.77. The Morgan fingerprint density at radius 1 is 1.42 bits per heavy atom. The van der Waals surface area contributed by atoms with Gasteiger partial charge < -0.3 is 10.5 Å². The standard InChI is InChI=1S/C9H16BrNO/c1-7(10)6-12-9-4-2-8(11)3-5-9/h8-9H,1-6,11H2. The topological polar surface area (TPSA) is 35.2 Å². The number of hydrogen-bond acceptors (Lipinski definition) is 2. The summed E-state index contributed by atoms with van der Waals surface area (Å²) in [7, 11) is 0. The van der Waals surface area contributed by atoms with Crippen LogP contribution in [0.25, 0.3) is 0 Å². The second-order valence-corrected chi connectivity index (χ2v) is 4.49. The van der Waals surface area contributed by atoms with Crippen LogP contribution in [0.15, 0.2) is 11.1 Å². The van der Waals surface area contributed by atoms with Crippen molar-refractivity contribution in [2.75, 3.05) is 6.61 Å². The second-order valence-electron chi connectivity index (χ2n) is 3.37. The predicted molar refractivity (Wildman–Crippen MR) is 54.3 cm³/mol. The van der Waals surface area contributed by atoms with E-state index in [1.807, 2.05) is 0 Å². The van der Waals surface area contributed by atoms with E-state index >= 15 is 0 Å². The van der Waals surface area contributed by atoms with Crippen molar-refractivity contribution in [1.29, 1.82) is 0 Å². The van der Waals surface area contributed by atoms with E-state index in [9.17, 15) is 0 Å². The highest BCUT2D eigenvalue weighted by Gasteiger charge is 2.18. The molecular weight excluding hydrogens is 218 g/mol. The number of nitrogens with two attached hydrogens (primary N) is 1. The third-order valence-corrected chi connectivity index (χ3v) is 2.42. The molecule has 0 aromatic heterocycles. The summed E-state index contributed by atoms with van der Waals surface area (Å²) in [6.45, 7) is 4.35. The normalized spacial score (nSPS) is 30.2. The van der Waals surface area contributed by atoms with Gasteiger partial charge in [0.1, 0.15) is 0 Å². The molecule has 1 fully saturated rings. The van der Waals surface area contributed by atoms with E-state index in [1.54, 1.807) is 0 Å². The summed E-state index contributed by atoms with van der Waals surface area (Å²) in [4.78, 5) is 0. The zero-order chi connectivity index (χ0) is 8.97. The minimum absolute atomic E-state index is 0.400. The van der Waals surface area contributed by atoms with Gasteiger partial charge in [0.15, 0.2) is 0 Å². The molecule has 70 valence electrons. The lowest BCUT2D eigenvalue weighted by Crippen LogP contribution is -2.30. The van der Waals surface area contributed by atoms with E-state index in [2.05, 4.69) is 22.5 Å². The van der Waals surface area contributed by atoms with Gasteiger partial charge in [0, 0.05) is 10.5 Å². The number of halogens is 1. The predicted octanol–water partition coefficient (Wildman–Crippen LogP) is 2.18. The van der Waals surface area contributed by atoms with E-state index in [0.29, 0.717) is 18.8 Å².